The molecule has 4 nitrogen and oxygen atoms in total. The monoisotopic (exact) mass is 255 g/mol. The Morgan fingerprint density at radius 1 is 1.29 bits per heavy atom. The summed E-state index contributed by atoms with van der Waals surface area (Å²) in [5.74, 6) is -0.707. The maximum atomic E-state index is 12.2. The van der Waals surface area contributed by atoms with Crippen molar-refractivity contribution in [2.45, 2.75) is 38.4 Å². The molecule has 0 aromatic heterocycles. The summed E-state index contributed by atoms with van der Waals surface area (Å²) in [5.41, 5.74) is 9.37. The van der Waals surface area contributed by atoms with E-state index in [1.165, 1.54) is 11.8 Å². The normalized spacial score (nSPS) is 15.9. The lowest BCUT2D eigenvalue weighted by Crippen LogP contribution is -2.51. The summed E-state index contributed by atoms with van der Waals surface area (Å²) in [7, 11) is 0. The van der Waals surface area contributed by atoms with Gasteiger partial charge in [-0.2, -0.15) is 13.2 Å². The van der Waals surface area contributed by atoms with Gasteiger partial charge in [0.15, 0.2) is 0 Å². The number of halogens is 3. The zero-order chi connectivity index (χ0) is 13.7. The maximum Gasteiger partial charge on any atom is 0.401 e. The third kappa shape index (κ3) is 7.17. The highest BCUT2D eigenvalue weighted by atomic mass is 19.4. The zero-order valence-electron chi connectivity index (χ0n) is 10.2. The highest BCUT2D eigenvalue weighted by Crippen LogP contribution is 2.17. The molecule has 1 atom stereocenters. The molecule has 0 heterocycles. The first kappa shape index (κ1) is 16.2. The first-order chi connectivity index (χ1) is 7.58. The third-order valence-electron chi connectivity index (χ3n) is 2.45. The second-order valence-corrected chi connectivity index (χ2v) is 4.42. The van der Waals surface area contributed by atoms with Crippen molar-refractivity contribution in [1.29, 1.82) is 0 Å². The van der Waals surface area contributed by atoms with Crippen LogP contribution in [0.3, 0.4) is 0 Å². The van der Waals surface area contributed by atoms with Gasteiger partial charge in [-0.05, 0) is 26.3 Å². The van der Waals surface area contributed by atoms with E-state index in [-0.39, 0.29) is 13.0 Å². The van der Waals surface area contributed by atoms with Crippen LogP contribution < -0.4 is 11.5 Å². The van der Waals surface area contributed by atoms with Crippen LogP contribution in [0.4, 0.5) is 13.2 Å². The lowest BCUT2D eigenvalue weighted by Gasteiger charge is -2.27. The number of carbonyl (C=O) groups is 1. The molecular weight excluding hydrogens is 235 g/mol. The predicted octanol–water partition coefficient (Wildman–Crippen LogP) is 0.854. The molecule has 0 fully saturated rings. The molecule has 1 unspecified atom stereocenters. The van der Waals surface area contributed by atoms with E-state index in [9.17, 15) is 18.0 Å². The summed E-state index contributed by atoms with van der Waals surface area (Å²) >= 11 is 0. The van der Waals surface area contributed by atoms with Gasteiger partial charge in [0, 0.05) is 6.54 Å². The minimum absolute atomic E-state index is 0.100. The number of carbonyl (C=O) groups excluding carboxylic acids is 1. The van der Waals surface area contributed by atoms with Crippen LogP contribution in [0.25, 0.3) is 0 Å². The Kier molecular flexibility index (Phi) is 5.91. The molecule has 0 aliphatic carbocycles. The van der Waals surface area contributed by atoms with Crippen molar-refractivity contribution in [3.8, 4) is 0 Å². The minimum atomic E-state index is -4.24. The number of alkyl halides is 3. The van der Waals surface area contributed by atoms with Gasteiger partial charge in [0.25, 0.3) is 0 Å². The standard InChI is InChI=1S/C10H20F3N3O/c1-3-5-16(7-10(11,12)13)6-4-9(2,15)8(14)17/h3-7,15H2,1-2H3,(H2,14,17). The average Bonchev–Trinajstić information content (AvgIpc) is 2.12. The van der Waals surface area contributed by atoms with Crippen molar-refractivity contribution in [3.05, 3.63) is 0 Å². The summed E-state index contributed by atoms with van der Waals surface area (Å²) in [6.07, 6.45) is -3.53. The second kappa shape index (κ2) is 6.20. The van der Waals surface area contributed by atoms with E-state index in [2.05, 4.69) is 0 Å². The number of primary amides is 1. The van der Waals surface area contributed by atoms with Crippen LogP contribution >= 0.6 is 0 Å². The number of amides is 1. The molecule has 0 spiro atoms. The fraction of sp³-hybridized carbons (Fsp3) is 0.900. The van der Waals surface area contributed by atoms with E-state index in [4.69, 9.17) is 11.5 Å². The van der Waals surface area contributed by atoms with Crippen molar-refractivity contribution in [2.24, 2.45) is 11.5 Å². The van der Waals surface area contributed by atoms with Crippen molar-refractivity contribution in [2.75, 3.05) is 19.6 Å². The number of rotatable bonds is 7. The molecule has 0 aromatic carbocycles. The summed E-state index contributed by atoms with van der Waals surface area (Å²) < 4.78 is 36.7. The van der Waals surface area contributed by atoms with E-state index in [1.807, 2.05) is 0 Å². The van der Waals surface area contributed by atoms with Crippen molar-refractivity contribution >= 4 is 5.91 Å². The summed E-state index contributed by atoms with van der Waals surface area (Å²) in [6, 6.07) is 0. The fourth-order valence-electron chi connectivity index (χ4n) is 1.35. The molecular formula is C10H20F3N3O. The van der Waals surface area contributed by atoms with Crippen molar-refractivity contribution < 1.29 is 18.0 Å². The van der Waals surface area contributed by atoms with Gasteiger partial charge in [-0.1, -0.05) is 6.92 Å². The van der Waals surface area contributed by atoms with E-state index in [1.54, 1.807) is 6.92 Å². The predicted molar refractivity (Wildman–Crippen MR) is 59.2 cm³/mol. The first-order valence-electron chi connectivity index (χ1n) is 5.46. The lowest BCUT2D eigenvalue weighted by atomic mass is 9.98. The van der Waals surface area contributed by atoms with E-state index < -0.39 is 24.2 Å². The lowest BCUT2D eigenvalue weighted by molar-refractivity contribution is -0.146. The molecule has 4 N–H and O–H groups in total. The van der Waals surface area contributed by atoms with E-state index in [0.29, 0.717) is 13.0 Å². The number of nitrogens with zero attached hydrogens (tertiary/aromatic N) is 1. The van der Waals surface area contributed by atoms with Crippen LogP contribution in [0.1, 0.15) is 26.7 Å². The number of hydrogen-bond acceptors (Lipinski definition) is 3. The van der Waals surface area contributed by atoms with Crippen LogP contribution in [-0.4, -0.2) is 42.2 Å². The molecule has 0 aliphatic rings. The largest absolute Gasteiger partial charge is 0.401 e. The van der Waals surface area contributed by atoms with Gasteiger partial charge in [0.1, 0.15) is 0 Å². The summed E-state index contributed by atoms with van der Waals surface area (Å²) in [6.45, 7) is 2.64. The minimum Gasteiger partial charge on any atom is -0.368 e. The Morgan fingerprint density at radius 2 is 1.82 bits per heavy atom. The highest BCUT2D eigenvalue weighted by molar-refractivity contribution is 5.83. The van der Waals surface area contributed by atoms with Gasteiger partial charge in [-0.25, -0.2) is 0 Å². The van der Waals surface area contributed by atoms with Crippen LogP contribution in [0, 0.1) is 0 Å². The highest BCUT2D eigenvalue weighted by Gasteiger charge is 2.32. The maximum absolute atomic E-state index is 12.2. The van der Waals surface area contributed by atoms with Gasteiger partial charge >= 0.3 is 6.18 Å². The van der Waals surface area contributed by atoms with E-state index >= 15 is 0 Å². The van der Waals surface area contributed by atoms with Gasteiger partial charge in [-0.15, -0.1) is 0 Å². The molecule has 1 amide bonds. The summed E-state index contributed by atoms with van der Waals surface area (Å²) in [5, 5.41) is 0. The molecule has 0 saturated heterocycles. The summed E-state index contributed by atoms with van der Waals surface area (Å²) in [4.78, 5) is 12.2. The topological polar surface area (TPSA) is 72.3 Å². The molecule has 0 rings (SSSR count). The Balaban J connectivity index is 4.32. The second-order valence-electron chi connectivity index (χ2n) is 4.42. The smallest absolute Gasteiger partial charge is 0.368 e. The molecule has 17 heavy (non-hydrogen) atoms. The van der Waals surface area contributed by atoms with Crippen molar-refractivity contribution in [1.82, 2.24) is 4.90 Å². The number of nitrogens with two attached hydrogens (primary N) is 2. The number of hydrogen-bond donors (Lipinski definition) is 2. The average molecular weight is 255 g/mol. The molecule has 0 radical (unpaired) electrons. The quantitative estimate of drug-likeness (QED) is 0.708. The van der Waals surface area contributed by atoms with Gasteiger partial charge in [-0.3, -0.25) is 9.69 Å². The SMILES string of the molecule is CCCN(CCC(C)(N)C(N)=O)CC(F)(F)F. The van der Waals surface area contributed by atoms with E-state index in [0.717, 1.165) is 0 Å². The molecule has 0 aromatic rings. The van der Waals surface area contributed by atoms with Crippen LogP contribution in [0.2, 0.25) is 0 Å². The molecule has 0 saturated carbocycles. The molecule has 0 bridgehead atoms. The van der Waals surface area contributed by atoms with Crippen LogP contribution in [-0.2, 0) is 4.79 Å². The van der Waals surface area contributed by atoms with Gasteiger partial charge in [0.05, 0.1) is 12.1 Å². The third-order valence-corrected chi connectivity index (χ3v) is 2.45. The van der Waals surface area contributed by atoms with Crippen LogP contribution in [0.5, 0.6) is 0 Å². The van der Waals surface area contributed by atoms with Crippen molar-refractivity contribution in [3.63, 3.8) is 0 Å². The molecule has 102 valence electrons. The Labute approximate surface area is 99.1 Å². The Morgan fingerprint density at radius 3 is 2.18 bits per heavy atom. The van der Waals surface area contributed by atoms with Gasteiger partial charge in [0.2, 0.25) is 5.91 Å². The Hall–Kier alpha value is -0.820. The van der Waals surface area contributed by atoms with Crippen LogP contribution in [0.15, 0.2) is 0 Å². The van der Waals surface area contributed by atoms with Gasteiger partial charge < -0.3 is 11.5 Å². The molecule has 7 heteroatoms. The Bertz CT molecular complexity index is 254. The fourth-order valence-corrected chi connectivity index (χ4v) is 1.35. The first-order valence-corrected chi connectivity index (χ1v) is 5.46. The molecule has 0 aliphatic heterocycles. The zero-order valence-corrected chi connectivity index (χ0v) is 10.2.